The average molecular weight is 258 g/mol. The summed E-state index contributed by atoms with van der Waals surface area (Å²) in [6.45, 7) is 2.09. The Bertz CT molecular complexity index is 392. The summed E-state index contributed by atoms with van der Waals surface area (Å²) in [5.74, 6) is 0. The van der Waals surface area contributed by atoms with Crippen LogP contribution in [0.25, 0.3) is 5.52 Å². The molecule has 0 aliphatic heterocycles. The molecule has 2 aromatic rings. The van der Waals surface area contributed by atoms with Crippen molar-refractivity contribution in [2.75, 3.05) is 0 Å². The molecular formula is C8H7IN2. The third-order valence-electron chi connectivity index (χ3n) is 1.69. The molecule has 0 aromatic carbocycles. The van der Waals surface area contributed by atoms with Crippen molar-refractivity contribution < 1.29 is 0 Å². The zero-order valence-corrected chi connectivity index (χ0v) is 8.24. The molecule has 0 saturated heterocycles. The van der Waals surface area contributed by atoms with E-state index in [4.69, 9.17) is 0 Å². The van der Waals surface area contributed by atoms with Crippen LogP contribution in [0.2, 0.25) is 0 Å². The van der Waals surface area contributed by atoms with E-state index in [2.05, 4.69) is 46.7 Å². The predicted molar refractivity (Wildman–Crippen MR) is 52.6 cm³/mol. The number of aromatic nitrogens is 2. The maximum atomic E-state index is 4.19. The van der Waals surface area contributed by atoms with Gasteiger partial charge in [-0.05, 0) is 47.2 Å². The van der Waals surface area contributed by atoms with Crippen LogP contribution < -0.4 is 0 Å². The molecule has 2 nitrogen and oxygen atoms in total. The van der Waals surface area contributed by atoms with E-state index >= 15 is 0 Å². The molecule has 0 amide bonds. The number of hydrogen-bond acceptors (Lipinski definition) is 1. The first-order valence-corrected chi connectivity index (χ1v) is 4.46. The van der Waals surface area contributed by atoms with Crippen LogP contribution in [0.15, 0.2) is 24.4 Å². The third kappa shape index (κ3) is 1.03. The number of pyridine rings is 1. The summed E-state index contributed by atoms with van der Waals surface area (Å²) in [5, 5.41) is 4.19. The van der Waals surface area contributed by atoms with E-state index < -0.39 is 0 Å². The smallest absolute Gasteiger partial charge is 0.106 e. The number of rotatable bonds is 0. The largest absolute Gasteiger partial charge is 0.227 e. The van der Waals surface area contributed by atoms with Crippen molar-refractivity contribution in [1.82, 2.24) is 9.61 Å². The SMILES string of the molecule is Cc1ccc2ccnn2c1I. The number of halogens is 1. The fourth-order valence-corrected chi connectivity index (χ4v) is 1.63. The van der Waals surface area contributed by atoms with E-state index in [-0.39, 0.29) is 0 Å². The van der Waals surface area contributed by atoms with Gasteiger partial charge in [0.25, 0.3) is 0 Å². The van der Waals surface area contributed by atoms with Crippen molar-refractivity contribution in [1.29, 1.82) is 0 Å². The third-order valence-corrected chi connectivity index (χ3v) is 3.00. The summed E-state index contributed by atoms with van der Waals surface area (Å²) in [6.07, 6.45) is 1.82. The summed E-state index contributed by atoms with van der Waals surface area (Å²) >= 11 is 2.30. The Hall–Kier alpha value is -0.580. The first-order valence-electron chi connectivity index (χ1n) is 3.38. The Kier molecular flexibility index (Phi) is 1.60. The van der Waals surface area contributed by atoms with Crippen molar-refractivity contribution in [3.05, 3.63) is 33.7 Å². The van der Waals surface area contributed by atoms with Gasteiger partial charge in [-0.25, -0.2) is 4.52 Å². The zero-order chi connectivity index (χ0) is 7.84. The summed E-state index contributed by atoms with van der Waals surface area (Å²) in [6, 6.07) is 6.19. The number of aryl methyl sites for hydroxylation is 1. The second kappa shape index (κ2) is 2.48. The van der Waals surface area contributed by atoms with Gasteiger partial charge in [0.05, 0.1) is 11.7 Å². The quantitative estimate of drug-likeness (QED) is 0.523. The first-order chi connectivity index (χ1) is 5.29. The van der Waals surface area contributed by atoms with Crippen LogP contribution in [0, 0.1) is 10.6 Å². The second-order valence-corrected chi connectivity index (χ2v) is 3.50. The van der Waals surface area contributed by atoms with Crippen LogP contribution in [0.1, 0.15) is 5.56 Å². The van der Waals surface area contributed by atoms with E-state index in [1.165, 1.54) is 9.26 Å². The van der Waals surface area contributed by atoms with Gasteiger partial charge in [-0.1, -0.05) is 6.07 Å². The lowest BCUT2D eigenvalue weighted by molar-refractivity contribution is 0.921. The van der Waals surface area contributed by atoms with Crippen molar-refractivity contribution in [3.63, 3.8) is 0 Å². The Labute approximate surface area is 78.4 Å². The molecule has 3 heteroatoms. The van der Waals surface area contributed by atoms with Gasteiger partial charge in [0.2, 0.25) is 0 Å². The van der Waals surface area contributed by atoms with Crippen LogP contribution in [0.3, 0.4) is 0 Å². The summed E-state index contributed by atoms with van der Waals surface area (Å²) in [4.78, 5) is 0. The molecule has 0 N–H and O–H groups in total. The van der Waals surface area contributed by atoms with E-state index in [1.807, 2.05) is 16.8 Å². The fraction of sp³-hybridized carbons (Fsp3) is 0.125. The lowest BCUT2D eigenvalue weighted by atomic mass is 10.3. The monoisotopic (exact) mass is 258 g/mol. The van der Waals surface area contributed by atoms with Crippen molar-refractivity contribution in [3.8, 4) is 0 Å². The van der Waals surface area contributed by atoms with Gasteiger partial charge in [0, 0.05) is 0 Å². The maximum Gasteiger partial charge on any atom is 0.106 e. The van der Waals surface area contributed by atoms with Crippen molar-refractivity contribution in [2.24, 2.45) is 0 Å². The number of hydrogen-bond donors (Lipinski definition) is 0. The summed E-state index contributed by atoms with van der Waals surface area (Å²) in [7, 11) is 0. The minimum absolute atomic E-state index is 1.15. The van der Waals surface area contributed by atoms with Crippen molar-refractivity contribution in [2.45, 2.75) is 6.92 Å². The topological polar surface area (TPSA) is 17.3 Å². The molecule has 56 valence electrons. The van der Waals surface area contributed by atoms with Gasteiger partial charge in [-0.15, -0.1) is 0 Å². The normalized spacial score (nSPS) is 10.7. The van der Waals surface area contributed by atoms with Crippen molar-refractivity contribution >= 4 is 28.1 Å². The van der Waals surface area contributed by atoms with E-state index in [1.54, 1.807) is 0 Å². The van der Waals surface area contributed by atoms with Crippen LogP contribution in [0.5, 0.6) is 0 Å². The molecule has 2 aromatic heterocycles. The van der Waals surface area contributed by atoms with Gasteiger partial charge in [0.1, 0.15) is 3.70 Å². The number of nitrogens with zero attached hydrogens (tertiary/aromatic N) is 2. The summed E-state index contributed by atoms with van der Waals surface area (Å²) in [5.41, 5.74) is 2.42. The molecule has 0 radical (unpaired) electrons. The minimum Gasteiger partial charge on any atom is -0.227 e. The lowest BCUT2D eigenvalue weighted by Crippen LogP contribution is -1.94. The molecule has 0 atom stereocenters. The Morgan fingerprint density at radius 2 is 2.18 bits per heavy atom. The Morgan fingerprint density at radius 3 is 3.00 bits per heavy atom. The average Bonchev–Trinajstić information content (AvgIpc) is 2.45. The molecule has 0 spiro atoms. The van der Waals surface area contributed by atoms with E-state index in [9.17, 15) is 0 Å². The van der Waals surface area contributed by atoms with Crippen LogP contribution >= 0.6 is 22.6 Å². The Morgan fingerprint density at radius 1 is 1.36 bits per heavy atom. The highest BCUT2D eigenvalue weighted by Gasteiger charge is 1.99. The predicted octanol–water partition coefficient (Wildman–Crippen LogP) is 2.25. The van der Waals surface area contributed by atoms with Gasteiger partial charge >= 0.3 is 0 Å². The van der Waals surface area contributed by atoms with Gasteiger partial charge in [0.15, 0.2) is 0 Å². The molecule has 0 aliphatic rings. The maximum absolute atomic E-state index is 4.19. The molecule has 2 heterocycles. The summed E-state index contributed by atoms with van der Waals surface area (Å²) < 4.78 is 3.13. The lowest BCUT2D eigenvalue weighted by Gasteiger charge is -1.99. The molecule has 0 unspecified atom stereocenters. The minimum atomic E-state index is 1.15. The van der Waals surface area contributed by atoms with E-state index in [0.717, 1.165) is 5.52 Å². The van der Waals surface area contributed by atoms with Gasteiger partial charge in [-0.3, -0.25) is 0 Å². The molecule has 0 saturated carbocycles. The highest BCUT2D eigenvalue weighted by atomic mass is 127. The molecule has 2 rings (SSSR count). The molecule has 0 bridgehead atoms. The molecule has 0 aliphatic carbocycles. The van der Waals surface area contributed by atoms with Gasteiger partial charge < -0.3 is 0 Å². The highest BCUT2D eigenvalue weighted by molar-refractivity contribution is 14.1. The Balaban J connectivity index is 2.93. The first kappa shape index (κ1) is 7.09. The molecule has 0 fully saturated rings. The molecule has 11 heavy (non-hydrogen) atoms. The fourth-order valence-electron chi connectivity index (χ4n) is 1.05. The van der Waals surface area contributed by atoms with Crippen LogP contribution in [-0.4, -0.2) is 9.61 Å². The second-order valence-electron chi connectivity index (χ2n) is 2.48. The standard InChI is InChI=1S/C8H7IN2/c1-6-2-3-7-4-5-10-11(7)8(6)9/h2-5H,1H3. The molecular weight excluding hydrogens is 251 g/mol. The van der Waals surface area contributed by atoms with Crippen LogP contribution in [0.4, 0.5) is 0 Å². The number of fused-ring (bicyclic) bond motifs is 1. The van der Waals surface area contributed by atoms with Gasteiger partial charge in [-0.2, -0.15) is 5.10 Å². The zero-order valence-electron chi connectivity index (χ0n) is 6.08. The van der Waals surface area contributed by atoms with Crippen LogP contribution in [-0.2, 0) is 0 Å². The highest BCUT2D eigenvalue weighted by Crippen LogP contribution is 2.13. The van der Waals surface area contributed by atoms with E-state index in [0.29, 0.717) is 0 Å².